The minimum Gasteiger partial charge on any atom is -0.314 e. The maximum atomic E-state index is 13.5. The first kappa shape index (κ1) is 19.7. The summed E-state index contributed by atoms with van der Waals surface area (Å²) in [4.78, 5) is 0. The van der Waals surface area contributed by atoms with Gasteiger partial charge < -0.3 is 5.32 Å². The molecule has 1 saturated heterocycles. The van der Waals surface area contributed by atoms with Crippen LogP contribution in [0.15, 0.2) is 53.8 Å². The molecule has 1 atom stereocenters. The van der Waals surface area contributed by atoms with Crippen molar-refractivity contribution < 1.29 is 8.42 Å². The fraction of sp³-hybridized carbons (Fsp3) is 0.565. The van der Waals surface area contributed by atoms with Crippen LogP contribution in [0.25, 0.3) is 0 Å². The molecule has 4 rings (SSSR count). The number of benzene rings is 1. The fourth-order valence-electron chi connectivity index (χ4n) is 4.79. The molecule has 0 amide bonds. The Morgan fingerprint density at radius 3 is 2.54 bits per heavy atom. The van der Waals surface area contributed by atoms with E-state index in [1.807, 2.05) is 30.3 Å². The number of hydrogen-bond acceptors (Lipinski definition) is 3. The molecule has 1 unspecified atom stereocenters. The fourth-order valence-corrected chi connectivity index (χ4v) is 6.83. The lowest BCUT2D eigenvalue weighted by molar-refractivity contribution is 0.370. The van der Waals surface area contributed by atoms with Gasteiger partial charge in [-0.1, -0.05) is 49.6 Å². The lowest BCUT2D eigenvalue weighted by atomic mass is 9.95. The van der Waals surface area contributed by atoms with E-state index in [0.717, 1.165) is 43.6 Å². The molecule has 2 aliphatic carbocycles. The molecule has 3 aliphatic rings. The predicted molar refractivity (Wildman–Crippen MR) is 116 cm³/mol. The summed E-state index contributed by atoms with van der Waals surface area (Å²) >= 11 is 0. The van der Waals surface area contributed by atoms with Gasteiger partial charge in [0.1, 0.15) is 0 Å². The van der Waals surface area contributed by atoms with Crippen LogP contribution in [-0.2, 0) is 10.0 Å². The molecule has 0 bridgehead atoms. The Balaban J connectivity index is 1.47. The zero-order valence-corrected chi connectivity index (χ0v) is 17.5. The zero-order chi connectivity index (χ0) is 19.4. The van der Waals surface area contributed by atoms with Crippen LogP contribution < -0.4 is 9.62 Å². The van der Waals surface area contributed by atoms with Crippen LogP contribution in [0.3, 0.4) is 0 Å². The Labute approximate surface area is 169 Å². The maximum absolute atomic E-state index is 13.5. The van der Waals surface area contributed by atoms with Crippen LogP contribution in [0.2, 0.25) is 0 Å². The third-order valence-corrected chi connectivity index (χ3v) is 8.46. The number of sulfonamides is 1. The van der Waals surface area contributed by atoms with Crippen LogP contribution in [0.1, 0.15) is 64.2 Å². The molecule has 1 saturated carbocycles. The molecule has 5 heteroatoms. The van der Waals surface area contributed by atoms with Gasteiger partial charge >= 0.3 is 0 Å². The summed E-state index contributed by atoms with van der Waals surface area (Å²) < 4.78 is 28.6. The SMILES string of the molecule is O=S1(=O)C(CCCNC2CCCCC2)CC2=CCCC=C2N1c1ccccc1. The molecule has 0 spiro atoms. The number of nitrogens with zero attached hydrogens (tertiary/aromatic N) is 1. The van der Waals surface area contributed by atoms with Crippen molar-refractivity contribution in [2.75, 3.05) is 10.8 Å². The standard InChI is InChI=1S/C23H32N2O2S/c26-28(27)22(15-9-17-24-20-11-3-1-4-12-20)18-19-10-7-8-16-23(19)25(28)21-13-5-2-6-14-21/h2,5-6,10,13-14,16,20,22,24H,1,3-4,7-9,11-12,15,17-18H2. The van der Waals surface area contributed by atoms with Gasteiger partial charge in [0, 0.05) is 6.04 Å². The van der Waals surface area contributed by atoms with Crippen molar-refractivity contribution in [3.63, 3.8) is 0 Å². The quantitative estimate of drug-likeness (QED) is 0.691. The van der Waals surface area contributed by atoms with E-state index in [9.17, 15) is 8.42 Å². The summed E-state index contributed by atoms with van der Waals surface area (Å²) in [5.41, 5.74) is 2.84. The second-order valence-electron chi connectivity index (χ2n) is 8.30. The second-order valence-corrected chi connectivity index (χ2v) is 10.4. The Hall–Kier alpha value is -1.59. The van der Waals surface area contributed by atoms with Gasteiger partial charge in [0.15, 0.2) is 0 Å². The van der Waals surface area contributed by atoms with Crippen molar-refractivity contribution in [3.05, 3.63) is 53.8 Å². The van der Waals surface area contributed by atoms with Gasteiger partial charge in [-0.05, 0) is 69.2 Å². The first-order valence-corrected chi connectivity index (χ1v) is 12.4. The Kier molecular flexibility index (Phi) is 6.22. The number of nitrogens with one attached hydrogen (secondary N) is 1. The molecular formula is C23H32N2O2S. The van der Waals surface area contributed by atoms with Gasteiger partial charge in [-0.15, -0.1) is 0 Å². The highest BCUT2D eigenvalue weighted by Crippen LogP contribution is 2.40. The maximum Gasteiger partial charge on any atom is 0.242 e. The first-order valence-electron chi connectivity index (χ1n) is 10.9. The van der Waals surface area contributed by atoms with Crippen LogP contribution in [0, 0.1) is 0 Å². The highest BCUT2D eigenvalue weighted by Gasteiger charge is 2.41. The number of hydrogen-bond donors (Lipinski definition) is 1. The number of para-hydroxylation sites is 1. The van der Waals surface area contributed by atoms with Gasteiger partial charge in [0.05, 0.1) is 16.6 Å². The zero-order valence-electron chi connectivity index (χ0n) is 16.6. The molecule has 28 heavy (non-hydrogen) atoms. The summed E-state index contributed by atoms with van der Waals surface area (Å²) in [7, 11) is -3.40. The van der Waals surface area contributed by atoms with E-state index >= 15 is 0 Å². The summed E-state index contributed by atoms with van der Waals surface area (Å²) in [6.07, 6.45) is 15.1. The third-order valence-electron chi connectivity index (χ3n) is 6.30. The summed E-state index contributed by atoms with van der Waals surface area (Å²) in [6.45, 7) is 0.920. The van der Waals surface area contributed by atoms with Crippen molar-refractivity contribution in [2.45, 2.75) is 75.5 Å². The van der Waals surface area contributed by atoms with Crippen molar-refractivity contribution in [3.8, 4) is 0 Å². The number of fused-ring (bicyclic) bond motifs is 1. The van der Waals surface area contributed by atoms with Gasteiger partial charge in [-0.2, -0.15) is 0 Å². The van der Waals surface area contributed by atoms with Crippen molar-refractivity contribution >= 4 is 15.7 Å². The van der Waals surface area contributed by atoms with Crippen LogP contribution in [0.4, 0.5) is 5.69 Å². The minimum atomic E-state index is -3.40. The van der Waals surface area contributed by atoms with E-state index in [0.29, 0.717) is 12.5 Å². The Bertz CT molecular complexity index is 823. The average Bonchev–Trinajstić information content (AvgIpc) is 2.72. The van der Waals surface area contributed by atoms with Gasteiger partial charge in [0.2, 0.25) is 10.0 Å². The normalized spacial score (nSPS) is 25.0. The number of rotatable bonds is 6. The minimum absolute atomic E-state index is 0.331. The molecule has 1 N–H and O–H groups in total. The lowest BCUT2D eigenvalue weighted by Gasteiger charge is -2.38. The largest absolute Gasteiger partial charge is 0.314 e. The molecule has 1 aromatic rings. The van der Waals surface area contributed by atoms with E-state index in [4.69, 9.17) is 0 Å². The highest BCUT2D eigenvalue weighted by atomic mass is 32.2. The van der Waals surface area contributed by atoms with Gasteiger partial charge in [0.25, 0.3) is 0 Å². The van der Waals surface area contributed by atoms with E-state index in [1.54, 1.807) is 4.31 Å². The molecule has 1 aromatic carbocycles. The van der Waals surface area contributed by atoms with E-state index in [-0.39, 0.29) is 5.25 Å². The van der Waals surface area contributed by atoms with Crippen molar-refractivity contribution in [1.29, 1.82) is 0 Å². The summed E-state index contributed by atoms with van der Waals surface area (Å²) in [5, 5.41) is 3.32. The van der Waals surface area contributed by atoms with Crippen LogP contribution in [0.5, 0.6) is 0 Å². The highest BCUT2D eigenvalue weighted by molar-refractivity contribution is 7.93. The molecule has 1 heterocycles. The monoisotopic (exact) mass is 400 g/mol. The number of anilines is 1. The molecule has 2 fully saturated rings. The van der Waals surface area contributed by atoms with Crippen molar-refractivity contribution in [2.24, 2.45) is 0 Å². The lowest BCUT2D eigenvalue weighted by Crippen LogP contribution is -2.44. The van der Waals surface area contributed by atoms with E-state index in [1.165, 1.54) is 37.7 Å². The molecule has 0 aromatic heterocycles. The summed E-state index contributed by atoms with van der Waals surface area (Å²) in [6, 6.07) is 10.2. The van der Waals surface area contributed by atoms with E-state index in [2.05, 4.69) is 17.5 Å². The average molecular weight is 401 g/mol. The van der Waals surface area contributed by atoms with Crippen LogP contribution in [-0.4, -0.2) is 26.3 Å². The topological polar surface area (TPSA) is 49.4 Å². The Morgan fingerprint density at radius 1 is 1.00 bits per heavy atom. The van der Waals surface area contributed by atoms with Crippen molar-refractivity contribution in [1.82, 2.24) is 5.32 Å². The third kappa shape index (κ3) is 4.20. The predicted octanol–water partition coefficient (Wildman–Crippen LogP) is 4.90. The first-order chi connectivity index (χ1) is 13.7. The number of allylic oxidation sites excluding steroid dienone is 3. The van der Waals surface area contributed by atoms with Crippen LogP contribution >= 0.6 is 0 Å². The molecule has 0 radical (unpaired) electrons. The summed E-state index contributed by atoms with van der Waals surface area (Å²) in [5.74, 6) is 0. The van der Waals surface area contributed by atoms with Gasteiger partial charge in [-0.3, -0.25) is 0 Å². The van der Waals surface area contributed by atoms with E-state index < -0.39 is 10.0 Å². The second kappa shape index (κ2) is 8.83. The smallest absolute Gasteiger partial charge is 0.242 e. The molecule has 152 valence electrons. The molecule has 1 aliphatic heterocycles. The Morgan fingerprint density at radius 2 is 1.75 bits per heavy atom. The van der Waals surface area contributed by atoms with Gasteiger partial charge in [-0.25, -0.2) is 12.7 Å². The molecule has 4 nitrogen and oxygen atoms in total. The molecular weight excluding hydrogens is 368 g/mol.